The Morgan fingerprint density at radius 1 is 0.850 bits per heavy atom. The topological polar surface area (TPSA) is 43.5 Å². The van der Waals surface area contributed by atoms with Gasteiger partial charge in [0.05, 0.1) is 13.2 Å². The first kappa shape index (κ1) is 12.5. The second-order valence-corrected chi connectivity index (χ2v) is 5.81. The van der Waals surface area contributed by atoms with Crippen LogP contribution in [0, 0.1) is 0 Å². The molecule has 0 radical (unpaired) electrons. The van der Waals surface area contributed by atoms with E-state index in [1.807, 2.05) is 0 Å². The molecule has 2 aliphatic heterocycles. The molecular formula is C16H20O4. The van der Waals surface area contributed by atoms with Crippen molar-refractivity contribution < 1.29 is 18.9 Å². The van der Waals surface area contributed by atoms with Crippen LogP contribution in [0.3, 0.4) is 0 Å². The lowest BCUT2D eigenvalue weighted by molar-refractivity contribution is 0.227. The lowest BCUT2D eigenvalue weighted by atomic mass is 9.91. The van der Waals surface area contributed by atoms with Crippen LogP contribution >= 0.6 is 0 Å². The Morgan fingerprint density at radius 2 is 1.30 bits per heavy atom. The van der Waals surface area contributed by atoms with E-state index in [4.69, 9.17) is 18.9 Å². The Kier molecular flexibility index (Phi) is 3.28. The number of fused-ring (bicyclic) bond motifs is 1. The molecule has 2 unspecified atom stereocenters. The average molecular weight is 276 g/mol. The summed E-state index contributed by atoms with van der Waals surface area (Å²) in [7, 11) is 0. The highest BCUT2D eigenvalue weighted by Crippen LogP contribution is 2.35. The number of epoxide rings is 2. The lowest BCUT2D eigenvalue weighted by Crippen LogP contribution is -2.11. The molecule has 1 aliphatic carbocycles. The lowest BCUT2D eigenvalue weighted by Gasteiger charge is -2.20. The molecule has 2 atom stereocenters. The monoisotopic (exact) mass is 276 g/mol. The van der Waals surface area contributed by atoms with Crippen molar-refractivity contribution in [2.24, 2.45) is 0 Å². The summed E-state index contributed by atoms with van der Waals surface area (Å²) in [5.41, 5.74) is 2.83. The first-order chi connectivity index (χ1) is 9.88. The van der Waals surface area contributed by atoms with Gasteiger partial charge in [0.2, 0.25) is 0 Å². The number of hydrogen-bond acceptors (Lipinski definition) is 4. The van der Waals surface area contributed by atoms with Crippen molar-refractivity contribution in [1.82, 2.24) is 0 Å². The molecule has 2 saturated heterocycles. The zero-order valence-corrected chi connectivity index (χ0v) is 11.6. The van der Waals surface area contributed by atoms with Crippen molar-refractivity contribution in [2.45, 2.75) is 37.9 Å². The summed E-state index contributed by atoms with van der Waals surface area (Å²) in [6.07, 6.45) is 5.38. The smallest absolute Gasteiger partial charge is 0.161 e. The molecule has 108 valence electrons. The van der Waals surface area contributed by atoms with Gasteiger partial charge in [-0.1, -0.05) is 0 Å². The Balaban J connectivity index is 1.53. The number of ether oxygens (including phenoxy) is 4. The van der Waals surface area contributed by atoms with Gasteiger partial charge in [0.15, 0.2) is 11.5 Å². The predicted molar refractivity (Wildman–Crippen MR) is 73.6 cm³/mol. The van der Waals surface area contributed by atoms with Gasteiger partial charge in [-0.2, -0.15) is 0 Å². The van der Waals surface area contributed by atoms with Gasteiger partial charge in [0.1, 0.15) is 25.4 Å². The molecule has 20 heavy (non-hydrogen) atoms. The fourth-order valence-electron chi connectivity index (χ4n) is 2.66. The van der Waals surface area contributed by atoms with E-state index < -0.39 is 0 Å². The fraction of sp³-hybridized carbons (Fsp3) is 0.625. The minimum atomic E-state index is 0.269. The van der Waals surface area contributed by atoms with Crippen LogP contribution in [-0.4, -0.2) is 38.6 Å². The van der Waals surface area contributed by atoms with Crippen LogP contribution in [0.1, 0.15) is 24.0 Å². The Bertz CT molecular complexity index is 446. The summed E-state index contributed by atoms with van der Waals surface area (Å²) in [6.45, 7) is 2.87. The minimum Gasteiger partial charge on any atom is -0.487 e. The molecule has 2 heterocycles. The predicted octanol–water partition coefficient (Wildman–Crippen LogP) is 2.12. The molecule has 0 bridgehead atoms. The maximum Gasteiger partial charge on any atom is 0.161 e. The number of rotatable bonds is 6. The molecule has 4 rings (SSSR count). The SMILES string of the molecule is c1c2c(cc(OCC3CO3)c1OCC1CO1)CCCC2. The molecule has 1 aromatic rings. The summed E-state index contributed by atoms with van der Waals surface area (Å²) in [6, 6.07) is 4.33. The summed E-state index contributed by atoms with van der Waals surface area (Å²) < 4.78 is 22.2. The maximum atomic E-state index is 5.89. The summed E-state index contributed by atoms with van der Waals surface area (Å²) in [5.74, 6) is 1.73. The van der Waals surface area contributed by atoms with E-state index in [0.29, 0.717) is 13.2 Å². The summed E-state index contributed by atoms with van der Waals surface area (Å²) in [5, 5.41) is 0. The molecule has 0 amide bonds. The standard InChI is InChI=1S/C16H20O4/c1-2-4-12-6-16(20-10-14-8-18-14)15(5-11(12)3-1)19-9-13-7-17-13/h5-6,13-14H,1-4,7-10H2. The van der Waals surface area contributed by atoms with E-state index >= 15 is 0 Å². The third-order valence-electron chi connectivity index (χ3n) is 4.06. The van der Waals surface area contributed by atoms with Gasteiger partial charge in [-0.3, -0.25) is 0 Å². The minimum absolute atomic E-state index is 0.269. The first-order valence-corrected chi connectivity index (χ1v) is 7.53. The molecule has 3 aliphatic rings. The van der Waals surface area contributed by atoms with Crippen molar-refractivity contribution in [1.29, 1.82) is 0 Å². The first-order valence-electron chi connectivity index (χ1n) is 7.53. The normalized spacial score (nSPS) is 26.8. The largest absolute Gasteiger partial charge is 0.487 e. The second-order valence-electron chi connectivity index (χ2n) is 5.81. The van der Waals surface area contributed by atoms with Crippen LogP contribution in [0.4, 0.5) is 0 Å². The van der Waals surface area contributed by atoms with Crippen LogP contribution in [0.25, 0.3) is 0 Å². The highest BCUT2D eigenvalue weighted by molar-refractivity contribution is 5.48. The van der Waals surface area contributed by atoms with Crippen LogP contribution in [0.15, 0.2) is 12.1 Å². The molecule has 0 spiro atoms. The fourth-order valence-corrected chi connectivity index (χ4v) is 2.66. The molecule has 0 saturated carbocycles. The number of benzene rings is 1. The van der Waals surface area contributed by atoms with E-state index in [1.165, 1.54) is 24.0 Å². The van der Waals surface area contributed by atoms with Crippen molar-refractivity contribution in [3.05, 3.63) is 23.3 Å². The van der Waals surface area contributed by atoms with Gasteiger partial charge in [-0.15, -0.1) is 0 Å². The molecule has 2 fully saturated rings. The van der Waals surface area contributed by atoms with Gasteiger partial charge >= 0.3 is 0 Å². The molecule has 1 aromatic carbocycles. The van der Waals surface area contributed by atoms with Gasteiger partial charge in [-0.05, 0) is 48.9 Å². The second kappa shape index (κ2) is 5.26. The van der Waals surface area contributed by atoms with Crippen molar-refractivity contribution in [3.8, 4) is 11.5 Å². The van der Waals surface area contributed by atoms with Crippen LogP contribution in [-0.2, 0) is 22.3 Å². The van der Waals surface area contributed by atoms with Crippen LogP contribution in [0.2, 0.25) is 0 Å². The molecule has 0 N–H and O–H groups in total. The Morgan fingerprint density at radius 3 is 1.70 bits per heavy atom. The molecule has 4 nitrogen and oxygen atoms in total. The van der Waals surface area contributed by atoms with Gasteiger partial charge in [-0.25, -0.2) is 0 Å². The quantitative estimate of drug-likeness (QED) is 0.747. The van der Waals surface area contributed by atoms with Crippen molar-refractivity contribution in [3.63, 3.8) is 0 Å². The van der Waals surface area contributed by atoms with Crippen molar-refractivity contribution >= 4 is 0 Å². The van der Waals surface area contributed by atoms with E-state index in [-0.39, 0.29) is 12.2 Å². The molecular weight excluding hydrogens is 256 g/mol. The highest BCUT2D eigenvalue weighted by Gasteiger charge is 2.26. The Hall–Kier alpha value is -1.26. The molecule has 4 heteroatoms. The highest BCUT2D eigenvalue weighted by atomic mass is 16.6. The number of aryl methyl sites for hydroxylation is 2. The van der Waals surface area contributed by atoms with E-state index in [2.05, 4.69) is 12.1 Å². The van der Waals surface area contributed by atoms with Crippen LogP contribution in [0.5, 0.6) is 11.5 Å². The van der Waals surface area contributed by atoms with E-state index in [0.717, 1.165) is 37.6 Å². The number of hydrogen-bond donors (Lipinski definition) is 0. The van der Waals surface area contributed by atoms with E-state index in [9.17, 15) is 0 Å². The zero-order chi connectivity index (χ0) is 13.4. The zero-order valence-electron chi connectivity index (χ0n) is 11.6. The van der Waals surface area contributed by atoms with Crippen LogP contribution < -0.4 is 9.47 Å². The van der Waals surface area contributed by atoms with Gasteiger partial charge < -0.3 is 18.9 Å². The third kappa shape index (κ3) is 2.91. The maximum absolute atomic E-state index is 5.89. The summed E-state index contributed by atoms with van der Waals surface area (Å²) >= 11 is 0. The van der Waals surface area contributed by atoms with Gasteiger partial charge in [0.25, 0.3) is 0 Å². The van der Waals surface area contributed by atoms with E-state index in [1.54, 1.807) is 0 Å². The third-order valence-corrected chi connectivity index (χ3v) is 4.06. The van der Waals surface area contributed by atoms with Crippen molar-refractivity contribution in [2.75, 3.05) is 26.4 Å². The summed E-state index contributed by atoms with van der Waals surface area (Å²) in [4.78, 5) is 0. The average Bonchev–Trinajstić information content (AvgIpc) is 3.37. The molecule has 0 aromatic heterocycles. The Labute approximate surface area is 119 Å². The van der Waals surface area contributed by atoms with Gasteiger partial charge in [0, 0.05) is 0 Å².